The largest absolute Gasteiger partial charge is 0.394 e. The van der Waals surface area contributed by atoms with Crippen LogP contribution in [0, 0.1) is 5.92 Å². The van der Waals surface area contributed by atoms with Crippen molar-refractivity contribution in [2.75, 3.05) is 26.2 Å². The fourth-order valence-electron chi connectivity index (χ4n) is 2.37. The molecule has 1 saturated heterocycles. The van der Waals surface area contributed by atoms with Gasteiger partial charge in [0.05, 0.1) is 12.7 Å². The molecule has 3 atom stereocenters. The topological polar surface area (TPSA) is 69.7 Å². The molecule has 0 bridgehead atoms. The lowest BCUT2D eigenvalue weighted by Crippen LogP contribution is -2.49. The lowest BCUT2D eigenvalue weighted by atomic mass is 9.89. The van der Waals surface area contributed by atoms with Crippen molar-refractivity contribution in [2.24, 2.45) is 11.7 Å². The standard InChI is InChI=1S/C11H24N2O2/c1-2-9-3-4-13(7-11(15)8-14)10(5-9)6-12/h9-11,14-15H,2-8,12H2,1H3. The quantitative estimate of drug-likeness (QED) is 0.595. The molecule has 90 valence electrons. The van der Waals surface area contributed by atoms with Gasteiger partial charge in [-0.2, -0.15) is 0 Å². The van der Waals surface area contributed by atoms with E-state index in [1.165, 1.54) is 12.8 Å². The van der Waals surface area contributed by atoms with E-state index in [1.54, 1.807) is 0 Å². The second kappa shape index (κ2) is 6.43. The van der Waals surface area contributed by atoms with Crippen LogP contribution < -0.4 is 5.73 Å². The van der Waals surface area contributed by atoms with Crippen molar-refractivity contribution in [3.8, 4) is 0 Å². The SMILES string of the molecule is CCC1CCN(CC(O)CO)C(CN)C1. The van der Waals surface area contributed by atoms with Crippen LogP contribution in [0.3, 0.4) is 0 Å². The average Bonchev–Trinajstić information content (AvgIpc) is 2.29. The summed E-state index contributed by atoms with van der Waals surface area (Å²) < 4.78 is 0. The number of β-amino-alcohol motifs (C(OH)–C–C–N with tert-alkyl or cyclic N) is 1. The second-order valence-electron chi connectivity index (χ2n) is 4.52. The second-order valence-corrected chi connectivity index (χ2v) is 4.52. The van der Waals surface area contributed by atoms with Crippen LogP contribution in [0.25, 0.3) is 0 Å². The molecule has 1 fully saturated rings. The Kier molecular flexibility index (Phi) is 5.53. The van der Waals surface area contributed by atoms with E-state index >= 15 is 0 Å². The zero-order chi connectivity index (χ0) is 11.3. The van der Waals surface area contributed by atoms with E-state index in [1.807, 2.05) is 0 Å². The van der Waals surface area contributed by atoms with Crippen molar-refractivity contribution in [1.82, 2.24) is 4.90 Å². The van der Waals surface area contributed by atoms with Crippen LogP contribution in [0.15, 0.2) is 0 Å². The van der Waals surface area contributed by atoms with Crippen LogP contribution in [-0.2, 0) is 0 Å². The van der Waals surface area contributed by atoms with E-state index in [-0.39, 0.29) is 6.61 Å². The summed E-state index contributed by atoms with van der Waals surface area (Å²) in [5.41, 5.74) is 5.74. The molecule has 0 aromatic heterocycles. The number of piperidine rings is 1. The summed E-state index contributed by atoms with van der Waals surface area (Å²) in [7, 11) is 0. The van der Waals surface area contributed by atoms with E-state index < -0.39 is 6.10 Å². The first kappa shape index (κ1) is 12.9. The van der Waals surface area contributed by atoms with Crippen LogP contribution >= 0.6 is 0 Å². The fraction of sp³-hybridized carbons (Fsp3) is 1.00. The molecule has 4 nitrogen and oxygen atoms in total. The fourth-order valence-corrected chi connectivity index (χ4v) is 2.37. The molecule has 0 spiro atoms. The molecule has 4 heteroatoms. The molecule has 0 saturated carbocycles. The zero-order valence-electron chi connectivity index (χ0n) is 9.60. The minimum Gasteiger partial charge on any atom is -0.394 e. The Balaban J connectivity index is 2.43. The molecular formula is C11H24N2O2. The minimum atomic E-state index is -0.628. The van der Waals surface area contributed by atoms with Crippen LogP contribution in [0.2, 0.25) is 0 Å². The van der Waals surface area contributed by atoms with Crippen LogP contribution in [0.1, 0.15) is 26.2 Å². The zero-order valence-corrected chi connectivity index (χ0v) is 9.60. The van der Waals surface area contributed by atoms with Crippen LogP contribution in [-0.4, -0.2) is 53.5 Å². The van der Waals surface area contributed by atoms with Gasteiger partial charge in [-0.05, 0) is 25.3 Å². The molecule has 1 aliphatic rings. The monoisotopic (exact) mass is 216 g/mol. The third-order valence-electron chi connectivity index (χ3n) is 3.45. The lowest BCUT2D eigenvalue weighted by Gasteiger charge is -2.39. The molecule has 1 heterocycles. The number of aliphatic hydroxyl groups excluding tert-OH is 2. The molecule has 0 aromatic carbocycles. The summed E-state index contributed by atoms with van der Waals surface area (Å²) >= 11 is 0. The maximum absolute atomic E-state index is 9.41. The van der Waals surface area contributed by atoms with Gasteiger partial charge in [0.2, 0.25) is 0 Å². The first-order valence-corrected chi connectivity index (χ1v) is 5.94. The Morgan fingerprint density at radius 2 is 2.27 bits per heavy atom. The Morgan fingerprint density at radius 1 is 1.53 bits per heavy atom. The number of hydrogen-bond acceptors (Lipinski definition) is 4. The minimum absolute atomic E-state index is 0.162. The maximum Gasteiger partial charge on any atom is 0.0897 e. The van der Waals surface area contributed by atoms with E-state index in [4.69, 9.17) is 10.8 Å². The van der Waals surface area contributed by atoms with Gasteiger partial charge in [-0.3, -0.25) is 4.90 Å². The Labute approximate surface area is 92.1 Å². The van der Waals surface area contributed by atoms with Crippen molar-refractivity contribution in [1.29, 1.82) is 0 Å². The number of nitrogens with zero attached hydrogens (tertiary/aromatic N) is 1. The van der Waals surface area contributed by atoms with E-state index in [9.17, 15) is 5.11 Å². The first-order chi connectivity index (χ1) is 7.21. The Morgan fingerprint density at radius 3 is 2.80 bits per heavy atom. The normalized spacial score (nSPS) is 30.4. The molecule has 4 N–H and O–H groups in total. The van der Waals surface area contributed by atoms with Gasteiger partial charge >= 0.3 is 0 Å². The van der Waals surface area contributed by atoms with Gasteiger partial charge in [-0.25, -0.2) is 0 Å². The molecule has 0 amide bonds. The Bertz CT molecular complexity index is 178. The third kappa shape index (κ3) is 3.72. The third-order valence-corrected chi connectivity index (χ3v) is 3.45. The van der Waals surface area contributed by atoms with Gasteiger partial charge in [-0.1, -0.05) is 13.3 Å². The lowest BCUT2D eigenvalue weighted by molar-refractivity contribution is 0.0250. The van der Waals surface area contributed by atoms with Gasteiger partial charge in [0, 0.05) is 19.1 Å². The summed E-state index contributed by atoms with van der Waals surface area (Å²) in [5.74, 6) is 0.779. The molecule has 1 rings (SSSR count). The van der Waals surface area contributed by atoms with E-state index in [0.717, 1.165) is 18.9 Å². The maximum atomic E-state index is 9.41. The summed E-state index contributed by atoms with van der Waals surface area (Å²) in [6.45, 7) is 4.25. The molecular weight excluding hydrogens is 192 g/mol. The molecule has 0 radical (unpaired) electrons. The molecule has 3 unspecified atom stereocenters. The first-order valence-electron chi connectivity index (χ1n) is 5.94. The van der Waals surface area contributed by atoms with Crippen LogP contribution in [0.5, 0.6) is 0 Å². The van der Waals surface area contributed by atoms with Crippen molar-refractivity contribution >= 4 is 0 Å². The number of aliphatic hydroxyl groups is 2. The van der Waals surface area contributed by atoms with Gasteiger partial charge < -0.3 is 15.9 Å². The number of hydrogen-bond donors (Lipinski definition) is 3. The smallest absolute Gasteiger partial charge is 0.0897 e. The van der Waals surface area contributed by atoms with Gasteiger partial charge in [-0.15, -0.1) is 0 Å². The summed E-state index contributed by atoms with van der Waals surface area (Å²) in [6, 6.07) is 0.380. The predicted octanol–water partition coefficient (Wildman–Crippen LogP) is -0.211. The molecule has 15 heavy (non-hydrogen) atoms. The highest BCUT2D eigenvalue weighted by atomic mass is 16.3. The average molecular weight is 216 g/mol. The number of nitrogens with two attached hydrogens (primary N) is 1. The highest BCUT2D eigenvalue weighted by molar-refractivity contribution is 4.83. The van der Waals surface area contributed by atoms with Crippen molar-refractivity contribution in [3.63, 3.8) is 0 Å². The van der Waals surface area contributed by atoms with Crippen molar-refractivity contribution in [2.45, 2.75) is 38.3 Å². The summed E-state index contributed by atoms with van der Waals surface area (Å²) in [6.07, 6.45) is 2.90. The van der Waals surface area contributed by atoms with Crippen LogP contribution in [0.4, 0.5) is 0 Å². The van der Waals surface area contributed by atoms with E-state index in [0.29, 0.717) is 19.1 Å². The predicted molar refractivity (Wildman–Crippen MR) is 60.5 cm³/mol. The summed E-state index contributed by atoms with van der Waals surface area (Å²) in [5, 5.41) is 18.2. The Hall–Kier alpha value is -0.160. The number of rotatable bonds is 5. The molecule has 0 aromatic rings. The molecule has 1 aliphatic heterocycles. The highest BCUT2D eigenvalue weighted by Crippen LogP contribution is 2.24. The van der Waals surface area contributed by atoms with Crippen molar-refractivity contribution < 1.29 is 10.2 Å². The van der Waals surface area contributed by atoms with Crippen molar-refractivity contribution in [3.05, 3.63) is 0 Å². The van der Waals surface area contributed by atoms with E-state index in [2.05, 4.69) is 11.8 Å². The van der Waals surface area contributed by atoms with Gasteiger partial charge in [0.15, 0.2) is 0 Å². The van der Waals surface area contributed by atoms with Gasteiger partial charge in [0.25, 0.3) is 0 Å². The molecule has 0 aliphatic carbocycles. The highest BCUT2D eigenvalue weighted by Gasteiger charge is 2.27. The number of likely N-dealkylation sites (tertiary alicyclic amines) is 1. The summed E-state index contributed by atoms with van der Waals surface area (Å²) in [4.78, 5) is 2.22. The van der Waals surface area contributed by atoms with Gasteiger partial charge in [0.1, 0.15) is 0 Å².